The molecule has 2 aliphatic rings. The molecule has 42 heavy (non-hydrogen) atoms. The van der Waals surface area contributed by atoms with Gasteiger partial charge in [0, 0.05) is 17.6 Å². The van der Waals surface area contributed by atoms with Crippen LogP contribution in [0.1, 0.15) is 64.2 Å². The Morgan fingerprint density at radius 3 is 2.64 bits per heavy atom. The summed E-state index contributed by atoms with van der Waals surface area (Å²) in [5, 5.41) is 9.79. The summed E-state index contributed by atoms with van der Waals surface area (Å²) in [4.78, 5) is 18.4. The number of hydrogen-bond acceptors (Lipinski definition) is 5. The molecule has 1 fully saturated rings. The maximum atomic E-state index is 14.7. The summed E-state index contributed by atoms with van der Waals surface area (Å²) in [6, 6.07) is 13.4. The average molecular weight is 600 g/mol. The van der Waals surface area contributed by atoms with Gasteiger partial charge in [0.05, 0.1) is 17.6 Å². The Bertz CT molecular complexity index is 1650. The molecule has 220 valence electrons. The second-order valence-electron chi connectivity index (χ2n) is 10.8. The van der Waals surface area contributed by atoms with Crippen LogP contribution in [0.15, 0.2) is 48.5 Å². The van der Waals surface area contributed by atoms with Gasteiger partial charge in [0.15, 0.2) is 5.75 Å². The number of halogens is 4. The van der Waals surface area contributed by atoms with E-state index in [1.165, 1.54) is 12.1 Å². The molecule has 4 aromatic rings. The lowest BCUT2D eigenvalue weighted by molar-refractivity contribution is -0.0489. The minimum Gasteiger partial charge on any atom is -0.485 e. The maximum absolute atomic E-state index is 14.7. The van der Waals surface area contributed by atoms with Crippen molar-refractivity contribution in [1.29, 1.82) is 0 Å². The van der Waals surface area contributed by atoms with Crippen LogP contribution in [-0.2, 0) is 20.0 Å². The number of piperidine rings is 1. The van der Waals surface area contributed by atoms with Crippen molar-refractivity contribution in [3.8, 4) is 11.5 Å². The molecule has 1 saturated heterocycles. The lowest BCUT2D eigenvalue weighted by atomic mass is 9.85. The van der Waals surface area contributed by atoms with Crippen LogP contribution in [0.5, 0.6) is 11.5 Å². The highest BCUT2D eigenvalue weighted by atomic mass is 35.5. The van der Waals surface area contributed by atoms with E-state index in [0.717, 1.165) is 55.3 Å². The van der Waals surface area contributed by atoms with E-state index in [9.17, 15) is 23.1 Å². The van der Waals surface area contributed by atoms with Crippen LogP contribution in [0.25, 0.3) is 11.0 Å². The summed E-state index contributed by atoms with van der Waals surface area (Å²) >= 11 is 5.95. The van der Waals surface area contributed by atoms with Gasteiger partial charge in [-0.25, -0.2) is 14.2 Å². The number of alkyl halides is 2. The molecule has 1 aromatic heterocycles. The van der Waals surface area contributed by atoms with Gasteiger partial charge in [0.25, 0.3) is 0 Å². The number of aryl methyl sites for hydroxylation is 2. The number of likely N-dealkylation sites (tertiary alicyclic amines) is 1. The zero-order valence-electron chi connectivity index (χ0n) is 22.8. The first-order valence-electron chi connectivity index (χ1n) is 13.8. The Balaban J connectivity index is 1.18. The quantitative estimate of drug-likeness (QED) is 0.244. The van der Waals surface area contributed by atoms with Crippen LogP contribution in [0.4, 0.5) is 13.2 Å². The molecule has 0 amide bonds. The molecule has 3 aromatic carbocycles. The van der Waals surface area contributed by atoms with Crippen LogP contribution >= 0.6 is 11.6 Å². The summed E-state index contributed by atoms with van der Waals surface area (Å²) in [5.74, 6) is -0.134. The molecule has 0 unspecified atom stereocenters. The molecule has 11 heteroatoms. The highest BCUT2D eigenvalue weighted by Gasteiger charge is 2.30. The van der Waals surface area contributed by atoms with Crippen molar-refractivity contribution >= 4 is 28.6 Å². The zero-order valence-corrected chi connectivity index (χ0v) is 23.6. The molecule has 1 atom stereocenters. The second kappa shape index (κ2) is 11.5. The highest BCUT2D eigenvalue weighted by Crippen LogP contribution is 2.43. The molecule has 7 nitrogen and oxygen atoms in total. The van der Waals surface area contributed by atoms with Crippen LogP contribution < -0.4 is 9.47 Å². The monoisotopic (exact) mass is 599 g/mol. The third kappa shape index (κ3) is 5.53. The first-order chi connectivity index (χ1) is 20.2. The summed E-state index contributed by atoms with van der Waals surface area (Å²) in [7, 11) is 1.74. The van der Waals surface area contributed by atoms with Crippen LogP contribution in [-0.4, -0.2) is 45.2 Å². The van der Waals surface area contributed by atoms with Crippen molar-refractivity contribution in [3.63, 3.8) is 0 Å². The fourth-order valence-corrected chi connectivity index (χ4v) is 6.25. The van der Waals surface area contributed by atoms with Gasteiger partial charge in [0.2, 0.25) is 0 Å². The van der Waals surface area contributed by atoms with Gasteiger partial charge in [-0.05, 0) is 80.1 Å². The second-order valence-corrected chi connectivity index (χ2v) is 11.2. The van der Waals surface area contributed by atoms with Crippen molar-refractivity contribution < 1.29 is 32.5 Å². The smallest absolute Gasteiger partial charge is 0.387 e. The van der Waals surface area contributed by atoms with E-state index in [1.807, 2.05) is 0 Å². The van der Waals surface area contributed by atoms with Crippen molar-refractivity contribution in [1.82, 2.24) is 14.5 Å². The number of carboxylic acid groups (broad SMARTS) is 1. The normalized spacial score (nSPS) is 17.8. The Kier molecular flexibility index (Phi) is 7.76. The minimum atomic E-state index is -3.10. The van der Waals surface area contributed by atoms with E-state index >= 15 is 0 Å². The van der Waals surface area contributed by atoms with Crippen molar-refractivity contribution in [2.75, 3.05) is 13.1 Å². The number of aromatic nitrogens is 2. The SMILES string of the molecule is Cn1c(CN2CCC(c3cccc4c3O[C@H](c3ccc(Cl)cc3F)CC4)CC2)nc2c(OC(F)F)cc(C(=O)O)cc21. The molecule has 3 heterocycles. The highest BCUT2D eigenvalue weighted by molar-refractivity contribution is 6.30. The molecule has 1 N–H and O–H groups in total. The Morgan fingerprint density at radius 1 is 1.14 bits per heavy atom. The van der Waals surface area contributed by atoms with Gasteiger partial charge in [-0.2, -0.15) is 8.78 Å². The number of fused-ring (bicyclic) bond motifs is 2. The number of imidazole rings is 1. The number of nitrogens with zero attached hydrogens (tertiary/aromatic N) is 3. The van der Waals surface area contributed by atoms with Crippen molar-refractivity contribution in [2.24, 2.45) is 7.05 Å². The molecule has 6 rings (SSSR count). The maximum Gasteiger partial charge on any atom is 0.387 e. The molecule has 0 saturated carbocycles. The van der Waals surface area contributed by atoms with Crippen LogP contribution in [0, 0.1) is 5.82 Å². The third-order valence-electron chi connectivity index (χ3n) is 8.27. The Labute approximate surface area is 245 Å². The van der Waals surface area contributed by atoms with E-state index in [2.05, 4.69) is 32.8 Å². The summed E-state index contributed by atoms with van der Waals surface area (Å²) < 4.78 is 53.5. The van der Waals surface area contributed by atoms with Gasteiger partial charge in [-0.3, -0.25) is 4.90 Å². The van der Waals surface area contributed by atoms with E-state index in [1.54, 1.807) is 23.7 Å². The number of para-hydroxylation sites is 1. The number of ether oxygens (including phenoxy) is 2. The Morgan fingerprint density at radius 2 is 1.93 bits per heavy atom. The number of hydrogen-bond donors (Lipinski definition) is 1. The lowest BCUT2D eigenvalue weighted by Gasteiger charge is -2.35. The topological polar surface area (TPSA) is 76.8 Å². The number of carboxylic acids is 1. The zero-order chi connectivity index (χ0) is 29.5. The molecule has 0 radical (unpaired) electrons. The van der Waals surface area contributed by atoms with Crippen molar-refractivity contribution in [3.05, 3.63) is 87.4 Å². The molecule has 2 aliphatic heterocycles. The van der Waals surface area contributed by atoms with E-state index < -0.39 is 12.6 Å². The average Bonchev–Trinajstić information content (AvgIpc) is 3.27. The number of rotatable bonds is 7. The minimum absolute atomic E-state index is 0.150. The summed E-state index contributed by atoms with van der Waals surface area (Å²) in [6.07, 6.45) is 2.83. The Hall–Kier alpha value is -3.76. The standard InChI is InChI=1S/C31H29ClF3N3O4/c1-37-24-13-19(30(39)40)14-26(42-31(34)35)28(24)36-27(37)16-38-11-9-17(10-12-38)21-4-2-3-18-5-8-25(41-29(18)21)22-7-6-20(32)15-23(22)33/h2-4,6-7,13-15,17,25,31H,5,8-12,16H2,1H3,(H,39,40)/t25-/m0/s1. The van der Waals surface area contributed by atoms with Gasteiger partial charge in [-0.1, -0.05) is 35.9 Å². The summed E-state index contributed by atoms with van der Waals surface area (Å²) in [6.45, 7) is -1.09. The van der Waals surface area contributed by atoms with Gasteiger partial charge < -0.3 is 19.1 Å². The molecule has 0 bridgehead atoms. The fraction of sp³-hybridized carbons (Fsp3) is 0.355. The molecule has 0 spiro atoms. The van der Waals surface area contributed by atoms with E-state index in [-0.39, 0.29) is 34.7 Å². The van der Waals surface area contributed by atoms with Crippen LogP contribution in [0.3, 0.4) is 0 Å². The van der Waals surface area contributed by atoms with Crippen molar-refractivity contribution in [2.45, 2.75) is 50.9 Å². The van der Waals surface area contributed by atoms with Gasteiger partial charge >= 0.3 is 12.6 Å². The molecule has 0 aliphatic carbocycles. The third-order valence-corrected chi connectivity index (χ3v) is 8.51. The number of aromatic carboxylic acids is 1. The van der Waals surface area contributed by atoms with E-state index in [0.29, 0.717) is 34.9 Å². The number of benzene rings is 3. The predicted molar refractivity (Wildman–Crippen MR) is 151 cm³/mol. The van der Waals surface area contributed by atoms with E-state index in [4.69, 9.17) is 16.3 Å². The van der Waals surface area contributed by atoms with Gasteiger partial charge in [-0.15, -0.1) is 0 Å². The lowest BCUT2D eigenvalue weighted by Crippen LogP contribution is -2.33. The molecular weight excluding hydrogens is 571 g/mol. The van der Waals surface area contributed by atoms with Crippen LogP contribution in [0.2, 0.25) is 5.02 Å². The first kappa shape index (κ1) is 28.4. The number of carbonyl (C=O) groups is 1. The predicted octanol–water partition coefficient (Wildman–Crippen LogP) is 7.11. The molecular formula is C31H29ClF3N3O4. The van der Waals surface area contributed by atoms with Gasteiger partial charge in [0.1, 0.15) is 29.0 Å². The largest absolute Gasteiger partial charge is 0.485 e. The summed E-state index contributed by atoms with van der Waals surface area (Å²) in [5.41, 5.74) is 3.23. The first-order valence-corrected chi connectivity index (χ1v) is 14.2. The fourth-order valence-electron chi connectivity index (χ4n) is 6.09.